The number of nitrogens with zero attached hydrogens (tertiary/aromatic N) is 1. The number of carbonyl (C=O) groups excluding carboxylic acids is 1. The van der Waals surface area contributed by atoms with E-state index in [0.717, 1.165) is 33.8 Å². The lowest BCUT2D eigenvalue weighted by molar-refractivity contribution is -0.117. The van der Waals surface area contributed by atoms with Crippen LogP contribution in [-0.2, 0) is 4.79 Å². The second-order valence-corrected chi connectivity index (χ2v) is 6.88. The standard InChI is InChI=1S/C23H22N2O3/c1-15-13-19(9-10-24-15)17-3-6-20(7-4-17)25-23(26)16(2)18-5-8-21-22(14-18)28-12-11-27-21/h3-10,13-14,16H,11-12H2,1-2H3,(H,25,26). The molecule has 2 heterocycles. The maximum atomic E-state index is 12.7. The molecule has 5 nitrogen and oxygen atoms in total. The van der Waals surface area contributed by atoms with Crippen LogP contribution in [0.25, 0.3) is 11.1 Å². The Morgan fingerprint density at radius 3 is 2.46 bits per heavy atom. The van der Waals surface area contributed by atoms with E-state index in [1.807, 2.05) is 68.4 Å². The molecule has 1 aliphatic rings. The van der Waals surface area contributed by atoms with E-state index in [2.05, 4.69) is 10.3 Å². The van der Waals surface area contributed by atoms with Crippen molar-refractivity contribution in [3.05, 3.63) is 72.1 Å². The van der Waals surface area contributed by atoms with Gasteiger partial charge in [0.15, 0.2) is 11.5 Å². The molecule has 28 heavy (non-hydrogen) atoms. The number of fused-ring (bicyclic) bond motifs is 1. The molecule has 0 aliphatic carbocycles. The molecule has 0 bridgehead atoms. The Morgan fingerprint density at radius 1 is 0.964 bits per heavy atom. The molecule has 0 saturated carbocycles. The summed E-state index contributed by atoms with van der Waals surface area (Å²) in [5.41, 5.74) is 4.83. The number of nitrogens with one attached hydrogen (secondary N) is 1. The van der Waals surface area contributed by atoms with Gasteiger partial charge in [-0.05, 0) is 66.9 Å². The molecule has 1 unspecified atom stereocenters. The fraction of sp³-hybridized carbons (Fsp3) is 0.217. The molecule has 1 aliphatic heterocycles. The van der Waals surface area contributed by atoms with Gasteiger partial charge in [0.25, 0.3) is 0 Å². The highest BCUT2D eigenvalue weighted by Crippen LogP contribution is 2.33. The van der Waals surface area contributed by atoms with Gasteiger partial charge in [-0.2, -0.15) is 0 Å². The van der Waals surface area contributed by atoms with Gasteiger partial charge in [0, 0.05) is 17.6 Å². The highest BCUT2D eigenvalue weighted by atomic mass is 16.6. The molecule has 3 aromatic rings. The molecule has 2 aromatic carbocycles. The van der Waals surface area contributed by atoms with Crippen molar-refractivity contribution in [3.8, 4) is 22.6 Å². The second-order valence-electron chi connectivity index (χ2n) is 6.88. The molecule has 0 spiro atoms. The summed E-state index contributed by atoms with van der Waals surface area (Å²) in [5, 5.41) is 2.99. The number of ether oxygens (including phenoxy) is 2. The highest BCUT2D eigenvalue weighted by molar-refractivity contribution is 5.95. The topological polar surface area (TPSA) is 60.5 Å². The van der Waals surface area contributed by atoms with Crippen LogP contribution in [0.15, 0.2) is 60.8 Å². The van der Waals surface area contributed by atoms with Crippen molar-refractivity contribution in [1.82, 2.24) is 4.98 Å². The predicted molar refractivity (Wildman–Crippen MR) is 109 cm³/mol. The minimum absolute atomic E-state index is 0.0656. The summed E-state index contributed by atoms with van der Waals surface area (Å²) in [6, 6.07) is 17.5. The highest BCUT2D eigenvalue weighted by Gasteiger charge is 2.19. The van der Waals surface area contributed by atoms with Crippen molar-refractivity contribution >= 4 is 11.6 Å². The third-order valence-electron chi connectivity index (χ3n) is 4.84. The van der Waals surface area contributed by atoms with Gasteiger partial charge in [-0.1, -0.05) is 18.2 Å². The first-order valence-corrected chi connectivity index (χ1v) is 9.33. The largest absolute Gasteiger partial charge is 0.486 e. The van der Waals surface area contributed by atoms with Crippen molar-refractivity contribution in [2.45, 2.75) is 19.8 Å². The first-order chi connectivity index (χ1) is 13.6. The zero-order valence-electron chi connectivity index (χ0n) is 15.9. The van der Waals surface area contributed by atoms with Crippen LogP contribution in [0.1, 0.15) is 24.1 Å². The molecule has 1 aromatic heterocycles. The van der Waals surface area contributed by atoms with Gasteiger partial charge in [-0.3, -0.25) is 9.78 Å². The lowest BCUT2D eigenvalue weighted by Crippen LogP contribution is -2.20. The third kappa shape index (κ3) is 3.83. The second kappa shape index (κ2) is 7.72. The van der Waals surface area contributed by atoms with Crippen LogP contribution in [0.5, 0.6) is 11.5 Å². The number of hydrogen-bond acceptors (Lipinski definition) is 4. The fourth-order valence-electron chi connectivity index (χ4n) is 3.20. The number of rotatable bonds is 4. The maximum Gasteiger partial charge on any atom is 0.231 e. The van der Waals surface area contributed by atoms with Gasteiger partial charge < -0.3 is 14.8 Å². The summed E-state index contributed by atoms with van der Waals surface area (Å²) in [4.78, 5) is 16.9. The van der Waals surface area contributed by atoms with Crippen molar-refractivity contribution in [2.24, 2.45) is 0 Å². The van der Waals surface area contributed by atoms with Gasteiger partial charge in [-0.25, -0.2) is 0 Å². The summed E-state index contributed by atoms with van der Waals surface area (Å²) in [6.45, 7) is 4.93. The van der Waals surface area contributed by atoms with Gasteiger partial charge in [0.05, 0.1) is 5.92 Å². The van der Waals surface area contributed by atoms with Crippen LogP contribution < -0.4 is 14.8 Å². The number of benzene rings is 2. The van der Waals surface area contributed by atoms with Gasteiger partial charge >= 0.3 is 0 Å². The van der Waals surface area contributed by atoms with E-state index in [9.17, 15) is 4.79 Å². The van der Waals surface area contributed by atoms with E-state index in [1.54, 1.807) is 6.20 Å². The van der Waals surface area contributed by atoms with Crippen molar-refractivity contribution in [2.75, 3.05) is 18.5 Å². The molecule has 0 fully saturated rings. The lowest BCUT2D eigenvalue weighted by atomic mass is 9.99. The quantitative estimate of drug-likeness (QED) is 0.727. The van der Waals surface area contributed by atoms with Crippen LogP contribution in [0, 0.1) is 6.92 Å². The first-order valence-electron chi connectivity index (χ1n) is 9.33. The third-order valence-corrected chi connectivity index (χ3v) is 4.84. The molecule has 0 saturated heterocycles. The fourth-order valence-corrected chi connectivity index (χ4v) is 3.20. The van der Waals surface area contributed by atoms with Crippen LogP contribution in [0.3, 0.4) is 0 Å². The SMILES string of the molecule is Cc1cc(-c2ccc(NC(=O)C(C)c3ccc4c(c3)OCCO4)cc2)ccn1. The molecule has 0 radical (unpaired) electrons. The minimum Gasteiger partial charge on any atom is -0.486 e. The van der Waals surface area contributed by atoms with Crippen LogP contribution in [0.2, 0.25) is 0 Å². The molecule has 1 atom stereocenters. The number of anilines is 1. The van der Waals surface area contributed by atoms with Gasteiger partial charge in [0.2, 0.25) is 5.91 Å². The minimum atomic E-state index is -0.307. The summed E-state index contributed by atoms with van der Waals surface area (Å²) in [7, 11) is 0. The molecular weight excluding hydrogens is 352 g/mol. The molecule has 1 N–H and O–H groups in total. The van der Waals surface area contributed by atoms with Crippen molar-refractivity contribution in [3.63, 3.8) is 0 Å². The number of aromatic nitrogens is 1. The van der Waals surface area contributed by atoms with E-state index in [1.165, 1.54) is 0 Å². The predicted octanol–water partition coefficient (Wildman–Crippen LogP) is 4.57. The van der Waals surface area contributed by atoms with Crippen LogP contribution in [-0.4, -0.2) is 24.1 Å². The van der Waals surface area contributed by atoms with E-state index < -0.39 is 0 Å². The average Bonchev–Trinajstić information content (AvgIpc) is 2.73. The molecule has 5 heteroatoms. The summed E-state index contributed by atoms with van der Waals surface area (Å²) in [6.07, 6.45) is 1.80. The Balaban J connectivity index is 1.46. The Morgan fingerprint density at radius 2 is 1.71 bits per heavy atom. The van der Waals surface area contributed by atoms with Gasteiger partial charge in [0.1, 0.15) is 13.2 Å². The Kier molecular flexibility index (Phi) is 4.98. The van der Waals surface area contributed by atoms with Crippen LogP contribution in [0.4, 0.5) is 5.69 Å². The normalized spacial score (nSPS) is 13.6. The number of amides is 1. The number of hydrogen-bond donors (Lipinski definition) is 1. The Labute approximate surface area is 164 Å². The van der Waals surface area contributed by atoms with Crippen molar-refractivity contribution < 1.29 is 14.3 Å². The average molecular weight is 374 g/mol. The monoisotopic (exact) mass is 374 g/mol. The van der Waals surface area contributed by atoms with Crippen molar-refractivity contribution in [1.29, 1.82) is 0 Å². The zero-order valence-corrected chi connectivity index (χ0v) is 15.9. The van der Waals surface area contributed by atoms with Gasteiger partial charge in [-0.15, -0.1) is 0 Å². The molecule has 4 rings (SSSR count). The number of pyridine rings is 1. The molecule has 1 amide bonds. The number of carbonyl (C=O) groups is 1. The summed E-state index contributed by atoms with van der Waals surface area (Å²) >= 11 is 0. The zero-order chi connectivity index (χ0) is 19.5. The van der Waals surface area contributed by atoms with E-state index in [4.69, 9.17) is 9.47 Å². The van der Waals surface area contributed by atoms with E-state index in [-0.39, 0.29) is 11.8 Å². The smallest absolute Gasteiger partial charge is 0.231 e. The van der Waals surface area contributed by atoms with Crippen LogP contribution >= 0.6 is 0 Å². The molecule has 142 valence electrons. The van der Waals surface area contributed by atoms with E-state index in [0.29, 0.717) is 19.0 Å². The first kappa shape index (κ1) is 18.0. The number of aryl methyl sites for hydroxylation is 1. The summed E-state index contributed by atoms with van der Waals surface area (Å²) < 4.78 is 11.2. The Hall–Kier alpha value is -3.34. The maximum absolute atomic E-state index is 12.7. The lowest BCUT2D eigenvalue weighted by Gasteiger charge is -2.20. The molecular formula is C23H22N2O3. The summed E-state index contributed by atoms with van der Waals surface area (Å²) in [5.74, 6) is 1.05. The van der Waals surface area contributed by atoms with E-state index >= 15 is 0 Å². The Bertz CT molecular complexity index is 999.